The lowest BCUT2D eigenvalue weighted by Gasteiger charge is -2.35. The fourth-order valence-corrected chi connectivity index (χ4v) is 6.93. The molecule has 1 N–H and O–H groups in total. The van der Waals surface area contributed by atoms with Gasteiger partial charge in [0.05, 0.1) is 5.67 Å². The van der Waals surface area contributed by atoms with Crippen molar-refractivity contribution >= 4 is 18.6 Å². The van der Waals surface area contributed by atoms with Gasteiger partial charge in [0.1, 0.15) is 0 Å². The molecule has 0 aliphatic carbocycles. The highest BCUT2D eigenvalue weighted by Crippen LogP contribution is 2.17. The van der Waals surface area contributed by atoms with Crippen LogP contribution in [-0.4, -0.2) is 57.3 Å². The van der Waals surface area contributed by atoms with Crippen molar-refractivity contribution in [2.45, 2.75) is 90.1 Å². The molecule has 0 aliphatic rings. The van der Waals surface area contributed by atoms with E-state index in [1.54, 1.807) is 21.3 Å². The van der Waals surface area contributed by atoms with Crippen molar-refractivity contribution in [3.05, 3.63) is 0 Å². The van der Waals surface area contributed by atoms with Gasteiger partial charge in [0.15, 0.2) is 9.76 Å². The summed E-state index contributed by atoms with van der Waals surface area (Å²) in [6, 6.07) is 0. The Balaban J connectivity index is 4.72. The fraction of sp³-hybridized carbons (Fsp3) is 1.00. The Hall–Kier alpha value is 0.234. The summed E-state index contributed by atoms with van der Waals surface area (Å²) in [7, 11) is 1.74. The molecule has 0 saturated carbocycles. The lowest BCUT2D eigenvalue weighted by Crippen LogP contribution is -2.62. The van der Waals surface area contributed by atoms with Gasteiger partial charge < -0.3 is 23.0 Å². The minimum Gasteiger partial charge on any atom is -0.420 e. The molecule has 0 fully saturated rings. The largest absolute Gasteiger partial charge is 0.517 e. The van der Waals surface area contributed by atoms with Crippen LogP contribution >= 0.6 is 0 Å². The molecule has 5 nitrogen and oxygen atoms in total. The predicted octanol–water partition coefficient (Wildman–Crippen LogP) is 2.97. The predicted molar refractivity (Wildman–Crippen MR) is 106 cm³/mol. The molecule has 0 amide bonds. The molecule has 0 saturated heterocycles. The summed E-state index contributed by atoms with van der Waals surface area (Å²) >= 11 is 0. The van der Waals surface area contributed by atoms with Gasteiger partial charge in [0.2, 0.25) is 0 Å². The summed E-state index contributed by atoms with van der Waals surface area (Å²) in [5, 5.41) is 3.77. The highest BCUT2D eigenvalue weighted by Gasteiger charge is 2.47. The topological polar surface area (TPSA) is 49.0 Å². The van der Waals surface area contributed by atoms with Crippen molar-refractivity contribution in [2.24, 2.45) is 0 Å². The Morgan fingerprint density at radius 1 is 0.917 bits per heavy atom. The van der Waals surface area contributed by atoms with Crippen molar-refractivity contribution < 1.29 is 17.7 Å². The summed E-state index contributed by atoms with van der Waals surface area (Å²) in [6.45, 7) is 8.63. The van der Waals surface area contributed by atoms with E-state index in [-0.39, 0.29) is 5.67 Å². The third-order valence-electron chi connectivity index (χ3n) is 4.41. The summed E-state index contributed by atoms with van der Waals surface area (Å²) in [6.07, 6.45) is 8.90. The van der Waals surface area contributed by atoms with Crippen molar-refractivity contribution in [2.75, 3.05) is 21.3 Å². The molecule has 0 rings (SSSR count). The molecule has 0 radical (unpaired) electrons. The van der Waals surface area contributed by atoms with Crippen molar-refractivity contribution in [1.82, 2.24) is 5.32 Å². The van der Waals surface area contributed by atoms with Crippen LogP contribution in [0.1, 0.15) is 72.6 Å². The van der Waals surface area contributed by atoms with E-state index in [9.17, 15) is 0 Å². The molecule has 7 heteroatoms. The van der Waals surface area contributed by atoms with E-state index >= 15 is 0 Å². The molecule has 24 heavy (non-hydrogen) atoms. The standard InChI is InChI=1S/C17H41NO4Si2/c1-8-10-11-12-13-14-16(23-22-15(3)4)18-17(9-2)24(19-5,20-6)21-7/h15-18H,8-14,23H2,1-7H3. The van der Waals surface area contributed by atoms with Crippen LogP contribution in [0.15, 0.2) is 0 Å². The molecule has 0 aromatic carbocycles. The van der Waals surface area contributed by atoms with Gasteiger partial charge in [-0.2, -0.15) is 0 Å². The first-order valence-corrected chi connectivity index (χ1v) is 12.7. The Bertz CT molecular complexity index is 283. The number of hydrogen-bond acceptors (Lipinski definition) is 5. The summed E-state index contributed by atoms with van der Waals surface area (Å²) in [4.78, 5) is 0. The molecule has 0 aromatic rings. The van der Waals surface area contributed by atoms with Gasteiger partial charge in [-0.15, -0.1) is 0 Å². The molecule has 146 valence electrons. The lowest BCUT2D eigenvalue weighted by atomic mass is 10.1. The summed E-state index contributed by atoms with van der Waals surface area (Å²) < 4.78 is 23.1. The van der Waals surface area contributed by atoms with Crippen LogP contribution in [0.4, 0.5) is 0 Å². The molecule has 0 aromatic heterocycles. The van der Waals surface area contributed by atoms with Gasteiger partial charge in [0.25, 0.3) is 0 Å². The van der Waals surface area contributed by atoms with Gasteiger partial charge in [-0.25, -0.2) is 0 Å². The Morgan fingerprint density at radius 2 is 1.50 bits per heavy atom. The Morgan fingerprint density at radius 3 is 1.96 bits per heavy atom. The maximum absolute atomic E-state index is 6.01. The van der Waals surface area contributed by atoms with Crippen LogP contribution < -0.4 is 5.32 Å². The Kier molecular flexibility index (Phi) is 14.5. The van der Waals surface area contributed by atoms with Crippen LogP contribution in [-0.2, 0) is 17.7 Å². The zero-order valence-corrected chi connectivity index (χ0v) is 19.4. The molecule has 0 aliphatic heterocycles. The molecule has 2 atom stereocenters. The zero-order valence-electron chi connectivity index (χ0n) is 17.0. The van der Waals surface area contributed by atoms with E-state index < -0.39 is 18.6 Å². The number of nitrogens with one attached hydrogen (secondary N) is 1. The average Bonchev–Trinajstić information content (AvgIpc) is 2.59. The molecule has 0 heterocycles. The molecule has 0 spiro atoms. The van der Waals surface area contributed by atoms with Gasteiger partial charge in [-0.05, 0) is 26.7 Å². The third kappa shape index (κ3) is 9.08. The van der Waals surface area contributed by atoms with Crippen LogP contribution in [0, 0.1) is 0 Å². The molecular weight excluding hydrogens is 338 g/mol. The maximum Gasteiger partial charge on any atom is 0.517 e. The van der Waals surface area contributed by atoms with Crippen LogP contribution in [0.25, 0.3) is 0 Å². The van der Waals surface area contributed by atoms with Crippen LogP contribution in [0.2, 0.25) is 0 Å². The minimum atomic E-state index is -2.67. The second-order valence-corrected chi connectivity index (χ2v) is 11.4. The summed E-state index contributed by atoms with van der Waals surface area (Å²) in [5.74, 6) is 0. The first-order chi connectivity index (χ1) is 11.5. The first-order valence-electron chi connectivity index (χ1n) is 9.52. The van der Waals surface area contributed by atoms with Gasteiger partial charge >= 0.3 is 8.80 Å². The fourth-order valence-electron chi connectivity index (χ4n) is 2.95. The molecular formula is C17H41NO4Si2. The van der Waals surface area contributed by atoms with Crippen molar-refractivity contribution in [1.29, 1.82) is 0 Å². The number of unbranched alkanes of at least 4 members (excludes halogenated alkanes) is 4. The van der Waals surface area contributed by atoms with E-state index in [0.29, 0.717) is 11.8 Å². The Labute approximate surface area is 153 Å². The zero-order chi connectivity index (χ0) is 18.4. The van der Waals surface area contributed by atoms with Gasteiger partial charge in [-0.1, -0.05) is 46.0 Å². The monoisotopic (exact) mass is 379 g/mol. The van der Waals surface area contributed by atoms with Crippen molar-refractivity contribution in [3.63, 3.8) is 0 Å². The van der Waals surface area contributed by atoms with Gasteiger partial charge in [-0.3, -0.25) is 0 Å². The van der Waals surface area contributed by atoms with Crippen molar-refractivity contribution in [3.8, 4) is 0 Å². The molecule has 0 bridgehead atoms. The van der Waals surface area contributed by atoms with Gasteiger partial charge in [0, 0.05) is 33.1 Å². The van der Waals surface area contributed by atoms with E-state index in [4.69, 9.17) is 17.7 Å². The van der Waals surface area contributed by atoms with Crippen LogP contribution in [0.3, 0.4) is 0 Å². The van der Waals surface area contributed by atoms with E-state index in [0.717, 1.165) is 6.42 Å². The highest BCUT2D eigenvalue weighted by atomic mass is 28.4. The van der Waals surface area contributed by atoms with E-state index in [1.165, 1.54) is 38.5 Å². The lowest BCUT2D eigenvalue weighted by molar-refractivity contribution is 0.105. The second-order valence-electron chi connectivity index (χ2n) is 6.63. The number of rotatable bonds is 16. The van der Waals surface area contributed by atoms with E-state index in [1.807, 2.05) is 0 Å². The SMILES string of the molecule is CCCCCCCC(NC(CC)[Si](OC)(OC)OC)[SiH2]OC(C)C. The molecule has 2 unspecified atom stereocenters. The second kappa shape index (κ2) is 14.4. The summed E-state index contributed by atoms with van der Waals surface area (Å²) in [5.41, 5.74) is 0.549. The van der Waals surface area contributed by atoms with Crippen LogP contribution in [0.5, 0.6) is 0 Å². The minimum absolute atomic E-state index is 0.112. The quantitative estimate of drug-likeness (QED) is 0.330. The van der Waals surface area contributed by atoms with E-state index in [2.05, 4.69) is 33.0 Å². The number of hydrogen-bond donors (Lipinski definition) is 1. The highest BCUT2D eigenvalue weighted by molar-refractivity contribution is 6.62. The smallest absolute Gasteiger partial charge is 0.420 e. The normalized spacial score (nSPS) is 15.5. The third-order valence-corrected chi connectivity index (χ3v) is 9.45. The average molecular weight is 380 g/mol. The first kappa shape index (κ1) is 24.2. The maximum atomic E-state index is 6.01.